The van der Waals surface area contributed by atoms with Gasteiger partial charge >= 0.3 is 5.97 Å². The summed E-state index contributed by atoms with van der Waals surface area (Å²) in [6.07, 6.45) is 3.73. The summed E-state index contributed by atoms with van der Waals surface area (Å²) in [5.74, 6) is -0.436. The SMILES string of the molecule is CCOC(=O)COc1ccc(Cl)cc1CNC(=O)Cc1c(C)cnn(CCc2ccccn2)c1=O. The van der Waals surface area contributed by atoms with Crippen molar-refractivity contribution >= 4 is 23.5 Å². The number of nitrogens with zero attached hydrogens (tertiary/aromatic N) is 3. The van der Waals surface area contributed by atoms with Gasteiger partial charge in [-0.3, -0.25) is 14.6 Å². The molecule has 2 aromatic heterocycles. The molecule has 35 heavy (non-hydrogen) atoms. The van der Waals surface area contributed by atoms with Crippen molar-refractivity contribution in [3.05, 3.63) is 86.6 Å². The second-order valence-corrected chi connectivity index (χ2v) is 8.14. The maximum atomic E-state index is 12.9. The van der Waals surface area contributed by atoms with Crippen LogP contribution in [0.3, 0.4) is 0 Å². The van der Waals surface area contributed by atoms with Gasteiger partial charge in [-0.15, -0.1) is 0 Å². The number of aryl methyl sites for hydroxylation is 3. The lowest BCUT2D eigenvalue weighted by atomic mass is 10.1. The number of amides is 1. The van der Waals surface area contributed by atoms with E-state index in [0.29, 0.717) is 40.4 Å². The monoisotopic (exact) mass is 498 g/mol. The lowest BCUT2D eigenvalue weighted by Crippen LogP contribution is -2.32. The molecule has 3 rings (SSSR count). The zero-order chi connectivity index (χ0) is 25.2. The highest BCUT2D eigenvalue weighted by Crippen LogP contribution is 2.23. The summed E-state index contributed by atoms with van der Waals surface area (Å²) in [7, 11) is 0. The Balaban J connectivity index is 1.64. The van der Waals surface area contributed by atoms with E-state index in [-0.39, 0.29) is 37.6 Å². The first kappa shape index (κ1) is 25.9. The number of ether oxygens (including phenoxy) is 2. The number of halogens is 1. The van der Waals surface area contributed by atoms with Gasteiger partial charge in [0.05, 0.1) is 25.8 Å². The standard InChI is InChI=1S/C25H27ClN4O5/c1-3-34-24(32)16-35-22-8-7-19(26)12-18(22)15-28-23(31)13-21-17(2)14-29-30(25(21)33)11-9-20-6-4-5-10-27-20/h4-8,10,12,14H,3,9,11,13,15-16H2,1-2H3,(H,28,31). The number of rotatable bonds is 11. The molecule has 1 N–H and O–H groups in total. The van der Waals surface area contributed by atoms with Crippen LogP contribution in [0.2, 0.25) is 5.02 Å². The van der Waals surface area contributed by atoms with Crippen LogP contribution in [0.4, 0.5) is 0 Å². The van der Waals surface area contributed by atoms with Gasteiger partial charge in [0, 0.05) is 41.0 Å². The molecule has 0 unspecified atom stereocenters. The van der Waals surface area contributed by atoms with Gasteiger partial charge in [-0.05, 0) is 49.7 Å². The third kappa shape index (κ3) is 7.65. The van der Waals surface area contributed by atoms with Crippen LogP contribution in [0.25, 0.3) is 0 Å². The maximum Gasteiger partial charge on any atom is 0.344 e. The Hall–Kier alpha value is -3.72. The molecule has 9 nitrogen and oxygen atoms in total. The Morgan fingerprint density at radius 1 is 1.20 bits per heavy atom. The van der Waals surface area contributed by atoms with E-state index in [4.69, 9.17) is 21.1 Å². The molecule has 1 aromatic carbocycles. The largest absolute Gasteiger partial charge is 0.482 e. The Morgan fingerprint density at radius 2 is 2.03 bits per heavy atom. The number of hydrogen-bond acceptors (Lipinski definition) is 7. The Bertz CT molecular complexity index is 1230. The molecule has 0 atom stereocenters. The zero-order valence-corrected chi connectivity index (χ0v) is 20.4. The van der Waals surface area contributed by atoms with Gasteiger partial charge in [0.15, 0.2) is 6.61 Å². The van der Waals surface area contributed by atoms with E-state index in [9.17, 15) is 14.4 Å². The minimum absolute atomic E-state index is 0.101. The van der Waals surface area contributed by atoms with Crippen molar-refractivity contribution in [3.8, 4) is 5.75 Å². The average Bonchev–Trinajstić information content (AvgIpc) is 2.85. The fraction of sp³-hybridized carbons (Fsp3) is 0.320. The Kier molecular flexibility index (Phi) is 9.37. The molecule has 184 valence electrons. The van der Waals surface area contributed by atoms with E-state index < -0.39 is 5.97 Å². The predicted molar refractivity (Wildman–Crippen MR) is 130 cm³/mol. The third-order valence-electron chi connectivity index (χ3n) is 5.15. The predicted octanol–water partition coefficient (Wildman–Crippen LogP) is 2.64. The molecule has 2 heterocycles. The van der Waals surface area contributed by atoms with E-state index in [1.54, 1.807) is 44.4 Å². The van der Waals surface area contributed by atoms with Gasteiger partial charge in [0.25, 0.3) is 5.56 Å². The average molecular weight is 499 g/mol. The van der Waals surface area contributed by atoms with Crippen LogP contribution in [0.1, 0.15) is 29.3 Å². The number of nitrogens with one attached hydrogen (secondary N) is 1. The normalized spacial score (nSPS) is 10.6. The highest BCUT2D eigenvalue weighted by Gasteiger charge is 2.15. The molecule has 0 saturated carbocycles. The topological polar surface area (TPSA) is 112 Å². The van der Waals surface area contributed by atoms with Crippen molar-refractivity contribution in [1.82, 2.24) is 20.1 Å². The molecular formula is C25H27ClN4O5. The highest BCUT2D eigenvalue weighted by molar-refractivity contribution is 6.30. The van der Waals surface area contributed by atoms with E-state index in [1.165, 1.54) is 4.68 Å². The van der Waals surface area contributed by atoms with Crippen LogP contribution in [-0.4, -0.2) is 39.9 Å². The molecule has 0 spiro atoms. The first-order valence-corrected chi connectivity index (χ1v) is 11.5. The number of pyridine rings is 1. The fourth-order valence-electron chi connectivity index (χ4n) is 3.34. The summed E-state index contributed by atoms with van der Waals surface area (Å²) in [5.41, 5.74) is 2.15. The van der Waals surface area contributed by atoms with Gasteiger partial charge in [0.1, 0.15) is 5.75 Å². The molecule has 0 bridgehead atoms. The van der Waals surface area contributed by atoms with E-state index in [2.05, 4.69) is 15.4 Å². The van der Waals surface area contributed by atoms with Crippen molar-refractivity contribution in [3.63, 3.8) is 0 Å². The van der Waals surface area contributed by atoms with Crippen LogP contribution < -0.4 is 15.6 Å². The van der Waals surface area contributed by atoms with Crippen molar-refractivity contribution in [2.75, 3.05) is 13.2 Å². The third-order valence-corrected chi connectivity index (χ3v) is 5.39. The van der Waals surface area contributed by atoms with E-state index >= 15 is 0 Å². The van der Waals surface area contributed by atoms with Crippen LogP contribution >= 0.6 is 11.6 Å². The summed E-state index contributed by atoms with van der Waals surface area (Å²) in [6, 6.07) is 10.5. The number of esters is 1. The van der Waals surface area contributed by atoms with E-state index in [0.717, 1.165) is 5.69 Å². The Labute approximate surface area is 208 Å². The molecular weight excluding hydrogens is 472 g/mol. The van der Waals surface area contributed by atoms with Crippen molar-refractivity contribution in [2.45, 2.75) is 39.8 Å². The molecule has 0 aliphatic heterocycles. The zero-order valence-electron chi connectivity index (χ0n) is 19.6. The van der Waals surface area contributed by atoms with Crippen LogP contribution in [-0.2, 0) is 40.3 Å². The Morgan fingerprint density at radius 3 is 2.77 bits per heavy atom. The summed E-state index contributed by atoms with van der Waals surface area (Å²) in [5, 5.41) is 7.44. The van der Waals surface area contributed by atoms with E-state index in [1.807, 2.05) is 18.2 Å². The molecule has 0 aliphatic carbocycles. The van der Waals surface area contributed by atoms with Crippen molar-refractivity contribution in [1.29, 1.82) is 0 Å². The lowest BCUT2D eigenvalue weighted by molar-refractivity contribution is -0.145. The van der Waals surface area contributed by atoms with Crippen molar-refractivity contribution < 1.29 is 19.1 Å². The molecule has 1 amide bonds. The van der Waals surface area contributed by atoms with Crippen molar-refractivity contribution in [2.24, 2.45) is 0 Å². The summed E-state index contributed by atoms with van der Waals surface area (Å²) in [4.78, 5) is 41.5. The molecule has 10 heteroatoms. The van der Waals surface area contributed by atoms with Crippen LogP contribution in [0.5, 0.6) is 5.75 Å². The first-order valence-electron chi connectivity index (χ1n) is 11.2. The van der Waals surface area contributed by atoms with Gasteiger partial charge < -0.3 is 14.8 Å². The fourth-order valence-corrected chi connectivity index (χ4v) is 3.53. The second-order valence-electron chi connectivity index (χ2n) is 7.70. The van der Waals surface area contributed by atoms with Gasteiger partial charge in [-0.2, -0.15) is 5.10 Å². The molecule has 0 aliphatic rings. The van der Waals surface area contributed by atoms with Gasteiger partial charge in [0.2, 0.25) is 5.91 Å². The molecule has 0 saturated heterocycles. The quantitative estimate of drug-likeness (QED) is 0.404. The van der Waals surface area contributed by atoms with Crippen LogP contribution in [0.15, 0.2) is 53.6 Å². The summed E-state index contributed by atoms with van der Waals surface area (Å²) < 4.78 is 11.7. The number of benzene rings is 1. The molecule has 0 fully saturated rings. The lowest BCUT2D eigenvalue weighted by Gasteiger charge is -2.13. The van der Waals surface area contributed by atoms with Gasteiger partial charge in [-0.25, -0.2) is 9.48 Å². The number of aromatic nitrogens is 3. The molecule has 0 radical (unpaired) electrons. The minimum atomic E-state index is -0.495. The second kappa shape index (κ2) is 12.7. The highest BCUT2D eigenvalue weighted by atomic mass is 35.5. The molecule has 3 aromatic rings. The number of hydrogen-bond donors (Lipinski definition) is 1. The first-order chi connectivity index (χ1) is 16.9. The number of carbonyl (C=O) groups is 2. The summed E-state index contributed by atoms with van der Waals surface area (Å²) in [6.45, 7) is 3.92. The summed E-state index contributed by atoms with van der Waals surface area (Å²) >= 11 is 6.09. The smallest absolute Gasteiger partial charge is 0.344 e. The minimum Gasteiger partial charge on any atom is -0.482 e. The van der Waals surface area contributed by atoms with Crippen LogP contribution in [0, 0.1) is 6.92 Å². The maximum absolute atomic E-state index is 12.9. The van der Waals surface area contributed by atoms with Gasteiger partial charge in [-0.1, -0.05) is 17.7 Å². The number of carbonyl (C=O) groups excluding carboxylic acids is 2.